The lowest BCUT2D eigenvalue weighted by atomic mass is 10.0. The summed E-state index contributed by atoms with van der Waals surface area (Å²) in [5, 5.41) is 5.32. The van der Waals surface area contributed by atoms with E-state index in [0.717, 1.165) is 29.7 Å². The number of amides is 2. The second-order valence-corrected chi connectivity index (χ2v) is 7.03. The van der Waals surface area contributed by atoms with Gasteiger partial charge < -0.3 is 10.6 Å². The minimum atomic E-state index is -4.50. The lowest BCUT2D eigenvalue weighted by molar-refractivity contribution is -0.137. The Kier molecular flexibility index (Phi) is 5.19. The van der Waals surface area contributed by atoms with Gasteiger partial charge in [-0.25, -0.2) is 0 Å². The highest BCUT2D eigenvalue weighted by molar-refractivity contribution is 6.17. The Labute approximate surface area is 161 Å². The van der Waals surface area contributed by atoms with E-state index in [-0.39, 0.29) is 5.69 Å². The maximum atomic E-state index is 12.9. The SMILES string of the molecule is CCc1cccc(C)c1NC(=O)C1(C(=O)Nc2cccc(C(F)(F)F)c2)CC1. The van der Waals surface area contributed by atoms with E-state index in [1.165, 1.54) is 12.1 Å². The summed E-state index contributed by atoms with van der Waals surface area (Å²) in [6.07, 6.45) is -3.06. The van der Waals surface area contributed by atoms with Gasteiger partial charge in [0.2, 0.25) is 11.8 Å². The number of aryl methyl sites for hydroxylation is 2. The van der Waals surface area contributed by atoms with Crippen molar-refractivity contribution in [2.45, 2.75) is 39.3 Å². The van der Waals surface area contributed by atoms with Crippen LogP contribution in [0.4, 0.5) is 24.5 Å². The van der Waals surface area contributed by atoms with E-state index in [2.05, 4.69) is 10.6 Å². The van der Waals surface area contributed by atoms with E-state index in [1.54, 1.807) is 0 Å². The Hall–Kier alpha value is -2.83. The smallest absolute Gasteiger partial charge is 0.325 e. The molecule has 1 aliphatic rings. The van der Waals surface area contributed by atoms with Crippen molar-refractivity contribution in [2.75, 3.05) is 10.6 Å². The van der Waals surface area contributed by atoms with E-state index in [1.807, 2.05) is 32.0 Å². The Balaban J connectivity index is 1.77. The molecule has 0 bridgehead atoms. The Morgan fingerprint density at radius 2 is 1.68 bits per heavy atom. The van der Waals surface area contributed by atoms with Crippen molar-refractivity contribution in [2.24, 2.45) is 5.41 Å². The summed E-state index contributed by atoms with van der Waals surface area (Å²) in [5.74, 6) is -1.02. The molecular formula is C21H21F3N2O2. The number of hydrogen-bond donors (Lipinski definition) is 2. The van der Waals surface area contributed by atoms with Crippen LogP contribution in [0, 0.1) is 12.3 Å². The van der Waals surface area contributed by atoms with E-state index in [4.69, 9.17) is 0 Å². The molecule has 0 aliphatic heterocycles. The van der Waals surface area contributed by atoms with Crippen LogP contribution in [0.3, 0.4) is 0 Å². The topological polar surface area (TPSA) is 58.2 Å². The van der Waals surface area contributed by atoms with Crippen LogP contribution in [0.2, 0.25) is 0 Å². The first-order valence-corrected chi connectivity index (χ1v) is 9.06. The van der Waals surface area contributed by atoms with E-state index < -0.39 is 29.0 Å². The van der Waals surface area contributed by atoms with Crippen LogP contribution in [-0.2, 0) is 22.2 Å². The molecule has 7 heteroatoms. The van der Waals surface area contributed by atoms with Crippen LogP contribution < -0.4 is 10.6 Å². The van der Waals surface area contributed by atoms with Gasteiger partial charge in [-0.2, -0.15) is 13.2 Å². The number of hydrogen-bond acceptors (Lipinski definition) is 2. The third-order valence-corrected chi connectivity index (χ3v) is 5.05. The summed E-state index contributed by atoms with van der Waals surface area (Å²) in [7, 11) is 0. The molecule has 0 spiro atoms. The van der Waals surface area contributed by atoms with Gasteiger partial charge in [-0.1, -0.05) is 31.2 Å². The number of alkyl halides is 3. The molecule has 1 saturated carbocycles. The van der Waals surface area contributed by atoms with Crippen molar-refractivity contribution in [1.82, 2.24) is 0 Å². The van der Waals surface area contributed by atoms with Crippen LogP contribution in [0.15, 0.2) is 42.5 Å². The monoisotopic (exact) mass is 390 g/mol. The molecule has 0 radical (unpaired) electrons. The molecule has 0 saturated heterocycles. The summed E-state index contributed by atoms with van der Waals surface area (Å²) >= 11 is 0. The van der Waals surface area contributed by atoms with Crippen LogP contribution >= 0.6 is 0 Å². The number of para-hydroxylation sites is 1. The first-order valence-electron chi connectivity index (χ1n) is 9.06. The Morgan fingerprint density at radius 1 is 1.04 bits per heavy atom. The van der Waals surface area contributed by atoms with Crippen molar-refractivity contribution in [3.05, 3.63) is 59.2 Å². The third-order valence-electron chi connectivity index (χ3n) is 5.05. The van der Waals surface area contributed by atoms with Gasteiger partial charge in [0.05, 0.1) is 5.56 Å². The van der Waals surface area contributed by atoms with Gasteiger partial charge in [-0.3, -0.25) is 9.59 Å². The van der Waals surface area contributed by atoms with Gasteiger partial charge in [0.15, 0.2) is 0 Å². The van der Waals surface area contributed by atoms with Crippen LogP contribution in [-0.4, -0.2) is 11.8 Å². The summed E-state index contributed by atoms with van der Waals surface area (Å²) in [5.41, 5.74) is 0.454. The van der Waals surface area contributed by atoms with Crippen molar-refractivity contribution in [3.63, 3.8) is 0 Å². The number of carbonyl (C=O) groups excluding carboxylic acids is 2. The molecule has 3 rings (SSSR count). The van der Waals surface area contributed by atoms with Gasteiger partial charge in [-0.05, 0) is 55.5 Å². The Bertz CT molecular complexity index is 918. The van der Waals surface area contributed by atoms with E-state index in [0.29, 0.717) is 18.5 Å². The number of rotatable bonds is 5. The largest absolute Gasteiger partial charge is 0.416 e. The number of anilines is 2. The lowest BCUT2D eigenvalue weighted by Crippen LogP contribution is -2.36. The molecule has 28 heavy (non-hydrogen) atoms. The molecule has 0 unspecified atom stereocenters. The molecule has 0 atom stereocenters. The number of carbonyl (C=O) groups is 2. The molecule has 0 heterocycles. The standard InChI is InChI=1S/C21H21F3N2O2/c1-3-14-7-4-6-13(2)17(14)26-19(28)20(10-11-20)18(27)25-16-9-5-8-15(12-16)21(22,23)24/h4-9,12H,3,10-11H2,1-2H3,(H,25,27)(H,26,28). The molecule has 2 aromatic carbocycles. The first kappa shape index (κ1) is 19.9. The average molecular weight is 390 g/mol. The zero-order valence-electron chi connectivity index (χ0n) is 15.6. The predicted molar refractivity (Wildman–Crippen MR) is 101 cm³/mol. The minimum absolute atomic E-state index is 0.0176. The molecule has 2 amide bonds. The molecule has 2 aromatic rings. The fourth-order valence-electron chi connectivity index (χ4n) is 3.14. The van der Waals surface area contributed by atoms with E-state index >= 15 is 0 Å². The average Bonchev–Trinajstić information content (AvgIpc) is 3.45. The number of benzene rings is 2. The maximum absolute atomic E-state index is 12.9. The minimum Gasteiger partial charge on any atom is -0.325 e. The van der Waals surface area contributed by atoms with Crippen LogP contribution in [0.5, 0.6) is 0 Å². The fraction of sp³-hybridized carbons (Fsp3) is 0.333. The highest BCUT2D eigenvalue weighted by Crippen LogP contribution is 2.48. The van der Waals surface area contributed by atoms with Crippen molar-refractivity contribution < 1.29 is 22.8 Å². The lowest BCUT2D eigenvalue weighted by Gasteiger charge is -2.19. The first-order chi connectivity index (χ1) is 13.2. The van der Waals surface area contributed by atoms with Crippen LogP contribution in [0.1, 0.15) is 36.5 Å². The van der Waals surface area contributed by atoms with Crippen molar-refractivity contribution in [3.8, 4) is 0 Å². The third kappa shape index (κ3) is 3.88. The van der Waals surface area contributed by atoms with Gasteiger partial charge in [0.25, 0.3) is 0 Å². The normalized spacial score (nSPS) is 15.0. The summed E-state index contributed by atoms with van der Waals surface area (Å²) in [4.78, 5) is 25.5. The van der Waals surface area contributed by atoms with Crippen LogP contribution in [0.25, 0.3) is 0 Å². The van der Waals surface area contributed by atoms with Crippen molar-refractivity contribution >= 4 is 23.2 Å². The molecule has 2 N–H and O–H groups in total. The number of nitrogens with one attached hydrogen (secondary N) is 2. The second kappa shape index (κ2) is 7.30. The zero-order valence-corrected chi connectivity index (χ0v) is 15.6. The maximum Gasteiger partial charge on any atom is 0.416 e. The molecule has 148 valence electrons. The zero-order chi connectivity index (χ0) is 20.5. The highest BCUT2D eigenvalue weighted by atomic mass is 19.4. The van der Waals surface area contributed by atoms with Gasteiger partial charge in [-0.15, -0.1) is 0 Å². The van der Waals surface area contributed by atoms with E-state index in [9.17, 15) is 22.8 Å². The predicted octanol–water partition coefficient (Wildman–Crippen LogP) is 4.93. The molecule has 1 aliphatic carbocycles. The molecule has 1 fully saturated rings. The summed E-state index contributed by atoms with van der Waals surface area (Å²) < 4.78 is 38.6. The van der Waals surface area contributed by atoms with Crippen molar-refractivity contribution in [1.29, 1.82) is 0 Å². The summed E-state index contributed by atoms with van der Waals surface area (Å²) in [6.45, 7) is 3.84. The summed E-state index contributed by atoms with van der Waals surface area (Å²) in [6, 6.07) is 10.1. The fourth-order valence-corrected chi connectivity index (χ4v) is 3.14. The highest BCUT2D eigenvalue weighted by Gasteiger charge is 2.56. The molecular weight excluding hydrogens is 369 g/mol. The van der Waals surface area contributed by atoms with Gasteiger partial charge in [0.1, 0.15) is 5.41 Å². The number of halogens is 3. The molecule has 0 aromatic heterocycles. The second-order valence-electron chi connectivity index (χ2n) is 7.03. The van der Waals surface area contributed by atoms with Gasteiger partial charge >= 0.3 is 6.18 Å². The van der Waals surface area contributed by atoms with Gasteiger partial charge in [0, 0.05) is 11.4 Å². The molecule has 4 nitrogen and oxygen atoms in total. The Morgan fingerprint density at radius 3 is 2.29 bits per heavy atom. The quantitative estimate of drug-likeness (QED) is 0.711.